The Balaban J connectivity index is 1.57. The molecule has 2 aromatic heterocycles. The molecule has 5 heteroatoms. The number of thiophene rings is 1. The molecule has 4 nitrogen and oxygen atoms in total. The highest BCUT2D eigenvalue weighted by Gasteiger charge is 2.31. The maximum Gasteiger partial charge on any atom is 0.224 e. The van der Waals surface area contributed by atoms with Gasteiger partial charge in [-0.3, -0.25) is 14.7 Å². The van der Waals surface area contributed by atoms with Crippen LogP contribution in [0.25, 0.3) is 0 Å². The van der Waals surface area contributed by atoms with Crippen molar-refractivity contribution in [1.29, 1.82) is 0 Å². The Morgan fingerprint density at radius 1 is 1.42 bits per heavy atom. The Kier molecular flexibility index (Phi) is 5.63. The van der Waals surface area contributed by atoms with Crippen LogP contribution in [0.3, 0.4) is 0 Å². The van der Waals surface area contributed by atoms with Crippen LogP contribution in [-0.2, 0) is 11.2 Å². The van der Waals surface area contributed by atoms with E-state index in [1.54, 1.807) is 6.20 Å². The number of hydrogen-bond donors (Lipinski definition) is 1. The van der Waals surface area contributed by atoms with Crippen LogP contribution in [0, 0.1) is 12.8 Å². The van der Waals surface area contributed by atoms with Crippen LogP contribution in [0.1, 0.15) is 35.0 Å². The van der Waals surface area contributed by atoms with Crippen LogP contribution in [0.2, 0.25) is 0 Å². The highest BCUT2D eigenvalue weighted by Crippen LogP contribution is 2.36. The summed E-state index contributed by atoms with van der Waals surface area (Å²) in [5.74, 6) is 0.557. The topological polar surface area (TPSA) is 45.2 Å². The maximum atomic E-state index is 12.3. The third-order valence-electron chi connectivity index (χ3n) is 4.74. The standard InChI is InChI=1S/C19H25N3OS/c1-14-7-8-15(12-20-14)11-18(23)21-13-16-5-3-9-22(2)19(16)17-6-4-10-24-17/h4,6-8,10,12,16,19H,3,5,9,11,13H2,1-2H3,(H,21,23)/t16-,19-/m0/s1. The maximum absolute atomic E-state index is 12.3. The van der Waals surface area contributed by atoms with Gasteiger partial charge in [0.15, 0.2) is 0 Å². The molecule has 0 unspecified atom stereocenters. The minimum atomic E-state index is 0.0822. The highest BCUT2D eigenvalue weighted by atomic mass is 32.1. The summed E-state index contributed by atoms with van der Waals surface area (Å²) in [4.78, 5) is 20.3. The number of carbonyl (C=O) groups is 1. The predicted octanol–water partition coefficient (Wildman–Crippen LogP) is 3.19. The Morgan fingerprint density at radius 3 is 3.00 bits per heavy atom. The van der Waals surface area contributed by atoms with E-state index in [9.17, 15) is 4.79 Å². The number of aromatic nitrogens is 1. The second-order valence-corrected chi connectivity index (χ2v) is 7.61. The van der Waals surface area contributed by atoms with Gasteiger partial charge in [-0.1, -0.05) is 12.1 Å². The zero-order valence-electron chi connectivity index (χ0n) is 14.4. The van der Waals surface area contributed by atoms with E-state index in [0.29, 0.717) is 18.4 Å². The molecule has 24 heavy (non-hydrogen) atoms. The Morgan fingerprint density at radius 2 is 2.29 bits per heavy atom. The van der Waals surface area contributed by atoms with Gasteiger partial charge in [0.2, 0.25) is 5.91 Å². The molecule has 1 aliphatic rings. The lowest BCUT2D eigenvalue weighted by Crippen LogP contribution is -2.41. The number of nitrogens with zero attached hydrogens (tertiary/aromatic N) is 2. The van der Waals surface area contributed by atoms with Gasteiger partial charge in [0.1, 0.15) is 0 Å². The molecule has 1 fully saturated rings. The molecule has 0 bridgehead atoms. The van der Waals surface area contributed by atoms with Gasteiger partial charge < -0.3 is 5.32 Å². The minimum Gasteiger partial charge on any atom is -0.355 e. The fourth-order valence-corrected chi connectivity index (χ4v) is 4.46. The molecular formula is C19H25N3OS. The van der Waals surface area contributed by atoms with Crippen LogP contribution in [-0.4, -0.2) is 35.9 Å². The van der Waals surface area contributed by atoms with Gasteiger partial charge >= 0.3 is 0 Å². The van der Waals surface area contributed by atoms with Crippen molar-refractivity contribution in [2.45, 2.75) is 32.2 Å². The molecule has 0 aliphatic carbocycles. The second kappa shape index (κ2) is 7.90. The lowest BCUT2D eigenvalue weighted by Gasteiger charge is -2.38. The molecule has 0 radical (unpaired) electrons. The number of piperidine rings is 1. The van der Waals surface area contributed by atoms with E-state index in [1.165, 1.54) is 17.7 Å². The third-order valence-corrected chi connectivity index (χ3v) is 5.68. The van der Waals surface area contributed by atoms with Crippen LogP contribution >= 0.6 is 11.3 Å². The van der Waals surface area contributed by atoms with E-state index in [2.05, 4.69) is 39.8 Å². The highest BCUT2D eigenvalue weighted by molar-refractivity contribution is 7.10. The smallest absolute Gasteiger partial charge is 0.224 e. The summed E-state index contributed by atoms with van der Waals surface area (Å²) >= 11 is 1.81. The van der Waals surface area contributed by atoms with Crippen LogP contribution in [0.5, 0.6) is 0 Å². The number of hydrogen-bond acceptors (Lipinski definition) is 4. The zero-order valence-corrected chi connectivity index (χ0v) is 15.2. The average Bonchev–Trinajstić information content (AvgIpc) is 3.09. The molecule has 0 saturated carbocycles. The Bertz CT molecular complexity index is 654. The summed E-state index contributed by atoms with van der Waals surface area (Å²) in [6.07, 6.45) is 4.55. The fraction of sp³-hybridized carbons (Fsp3) is 0.474. The van der Waals surface area contributed by atoms with Gasteiger partial charge in [-0.05, 0) is 62.4 Å². The van der Waals surface area contributed by atoms with Gasteiger partial charge in [-0.15, -0.1) is 11.3 Å². The van der Waals surface area contributed by atoms with Crippen molar-refractivity contribution in [3.8, 4) is 0 Å². The molecule has 1 amide bonds. The first kappa shape index (κ1) is 17.1. The molecule has 1 saturated heterocycles. The number of pyridine rings is 1. The quantitative estimate of drug-likeness (QED) is 0.907. The largest absolute Gasteiger partial charge is 0.355 e. The first-order valence-electron chi connectivity index (χ1n) is 8.55. The van der Waals surface area contributed by atoms with E-state index in [0.717, 1.165) is 24.3 Å². The van der Waals surface area contributed by atoms with Crippen molar-refractivity contribution in [2.75, 3.05) is 20.1 Å². The lowest BCUT2D eigenvalue weighted by atomic mass is 9.88. The van der Waals surface area contributed by atoms with Gasteiger partial charge in [-0.25, -0.2) is 0 Å². The average molecular weight is 343 g/mol. The Labute approximate surface area is 147 Å². The molecule has 3 heterocycles. The number of carbonyl (C=O) groups excluding carboxylic acids is 1. The lowest BCUT2D eigenvalue weighted by molar-refractivity contribution is -0.120. The minimum absolute atomic E-state index is 0.0822. The molecule has 0 aromatic carbocycles. The second-order valence-electron chi connectivity index (χ2n) is 6.63. The van der Waals surface area contributed by atoms with E-state index >= 15 is 0 Å². The van der Waals surface area contributed by atoms with E-state index in [4.69, 9.17) is 0 Å². The van der Waals surface area contributed by atoms with Gasteiger partial charge in [0.25, 0.3) is 0 Å². The summed E-state index contributed by atoms with van der Waals surface area (Å²) in [7, 11) is 2.19. The molecule has 2 aromatic rings. The zero-order chi connectivity index (χ0) is 16.9. The summed E-state index contributed by atoms with van der Waals surface area (Å²) in [5.41, 5.74) is 1.94. The summed E-state index contributed by atoms with van der Waals surface area (Å²) in [5, 5.41) is 5.28. The molecule has 0 spiro atoms. The summed E-state index contributed by atoms with van der Waals surface area (Å²) in [6.45, 7) is 3.82. The molecule has 1 N–H and O–H groups in total. The number of rotatable bonds is 5. The monoisotopic (exact) mass is 343 g/mol. The molecular weight excluding hydrogens is 318 g/mol. The Hall–Kier alpha value is -1.72. The van der Waals surface area contributed by atoms with E-state index in [1.807, 2.05) is 30.4 Å². The van der Waals surface area contributed by atoms with E-state index < -0.39 is 0 Å². The first-order valence-corrected chi connectivity index (χ1v) is 9.43. The van der Waals surface area contributed by atoms with Crippen molar-refractivity contribution in [2.24, 2.45) is 5.92 Å². The molecule has 2 atom stereocenters. The summed E-state index contributed by atoms with van der Waals surface area (Å²) < 4.78 is 0. The predicted molar refractivity (Wildman–Crippen MR) is 98.1 cm³/mol. The number of likely N-dealkylation sites (tertiary alicyclic amines) is 1. The van der Waals surface area contributed by atoms with E-state index in [-0.39, 0.29) is 5.91 Å². The third kappa shape index (κ3) is 4.22. The summed E-state index contributed by atoms with van der Waals surface area (Å²) in [6, 6.07) is 8.67. The number of amides is 1. The number of aryl methyl sites for hydroxylation is 1. The van der Waals surface area contributed by atoms with Gasteiger partial charge in [-0.2, -0.15) is 0 Å². The van der Waals surface area contributed by atoms with Gasteiger partial charge in [0.05, 0.1) is 6.42 Å². The van der Waals surface area contributed by atoms with Crippen molar-refractivity contribution in [3.63, 3.8) is 0 Å². The van der Waals surface area contributed by atoms with Crippen molar-refractivity contribution >= 4 is 17.2 Å². The van der Waals surface area contributed by atoms with Crippen LogP contribution in [0.4, 0.5) is 0 Å². The molecule has 128 valence electrons. The first-order chi connectivity index (χ1) is 11.6. The molecule has 3 rings (SSSR count). The van der Waals surface area contributed by atoms with Crippen LogP contribution in [0.15, 0.2) is 35.8 Å². The number of nitrogens with one attached hydrogen (secondary N) is 1. The fourth-order valence-electron chi connectivity index (χ4n) is 3.48. The van der Waals surface area contributed by atoms with Gasteiger partial charge in [0, 0.05) is 29.4 Å². The normalized spacial score (nSPS) is 21.6. The van der Waals surface area contributed by atoms with Crippen molar-refractivity contribution in [1.82, 2.24) is 15.2 Å². The SMILES string of the molecule is Cc1ccc(CC(=O)NC[C@@H]2CCCN(C)[C@@H]2c2cccs2)cn1. The molecule has 1 aliphatic heterocycles. The van der Waals surface area contributed by atoms with Crippen molar-refractivity contribution < 1.29 is 4.79 Å². The van der Waals surface area contributed by atoms with Crippen molar-refractivity contribution in [3.05, 3.63) is 52.0 Å². The van der Waals surface area contributed by atoms with Crippen LogP contribution < -0.4 is 5.32 Å².